The number of esters is 1. The molecule has 0 radical (unpaired) electrons. The van der Waals surface area contributed by atoms with Gasteiger partial charge in [-0.3, -0.25) is 9.78 Å². The Kier molecular flexibility index (Phi) is 5.24. The number of thioether (sulfide) groups is 1. The van der Waals surface area contributed by atoms with E-state index < -0.39 is 17.7 Å². The largest absolute Gasteiger partial charge is 0.465 e. The molecule has 0 N–H and O–H groups in total. The normalized spacial score (nSPS) is 11.5. The van der Waals surface area contributed by atoms with Crippen molar-refractivity contribution in [3.05, 3.63) is 24.0 Å². The highest BCUT2D eigenvalue weighted by molar-refractivity contribution is 7.99. The zero-order valence-electron chi connectivity index (χ0n) is 12.3. The lowest BCUT2D eigenvalue weighted by Gasteiger charge is -2.11. The molecule has 10 heteroatoms. The van der Waals surface area contributed by atoms with Gasteiger partial charge in [-0.2, -0.15) is 13.2 Å². The van der Waals surface area contributed by atoms with Gasteiger partial charge in [0, 0.05) is 25.0 Å². The van der Waals surface area contributed by atoms with Crippen molar-refractivity contribution in [2.24, 2.45) is 7.05 Å². The number of alkyl halides is 3. The monoisotopic (exact) mass is 346 g/mol. The molecular formula is C13H13F3N4O2S. The van der Waals surface area contributed by atoms with Gasteiger partial charge in [0.05, 0.1) is 17.9 Å². The minimum absolute atomic E-state index is 0.00101. The highest BCUT2D eigenvalue weighted by Crippen LogP contribution is 2.36. The third-order valence-corrected chi connectivity index (χ3v) is 3.82. The maximum Gasteiger partial charge on any atom is 0.417 e. The van der Waals surface area contributed by atoms with E-state index >= 15 is 0 Å². The van der Waals surface area contributed by atoms with Crippen LogP contribution in [-0.2, 0) is 22.8 Å². The van der Waals surface area contributed by atoms with Crippen LogP contribution in [0.1, 0.15) is 12.5 Å². The van der Waals surface area contributed by atoms with Crippen molar-refractivity contribution in [1.82, 2.24) is 19.7 Å². The van der Waals surface area contributed by atoms with Crippen LogP contribution in [0, 0.1) is 0 Å². The number of nitrogens with zero attached hydrogens (tertiary/aromatic N) is 4. The molecule has 0 atom stereocenters. The van der Waals surface area contributed by atoms with E-state index in [9.17, 15) is 18.0 Å². The van der Waals surface area contributed by atoms with E-state index in [-0.39, 0.29) is 23.7 Å². The van der Waals surface area contributed by atoms with Gasteiger partial charge in [-0.05, 0) is 13.0 Å². The Morgan fingerprint density at radius 3 is 2.78 bits per heavy atom. The maximum atomic E-state index is 13.1. The summed E-state index contributed by atoms with van der Waals surface area (Å²) in [5, 5.41) is 7.91. The van der Waals surface area contributed by atoms with E-state index in [0.29, 0.717) is 5.16 Å². The molecule has 0 aliphatic heterocycles. The predicted molar refractivity (Wildman–Crippen MR) is 76.6 cm³/mol. The quantitative estimate of drug-likeness (QED) is 0.612. The Bertz CT molecular complexity index is 703. The molecule has 2 rings (SSSR count). The summed E-state index contributed by atoms with van der Waals surface area (Å²) >= 11 is 1.04. The van der Waals surface area contributed by atoms with E-state index in [2.05, 4.69) is 15.2 Å². The fraction of sp³-hybridized carbons (Fsp3) is 0.385. The lowest BCUT2D eigenvalue weighted by atomic mass is 10.1. The van der Waals surface area contributed by atoms with Crippen LogP contribution in [0.2, 0.25) is 0 Å². The van der Waals surface area contributed by atoms with E-state index in [1.54, 1.807) is 6.92 Å². The molecule has 0 fully saturated rings. The van der Waals surface area contributed by atoms with Crippen LogP contribution >= 0.6 is 11.8 Å². The molecule has 2 heterocycles. The highest BCUT2D eigenvalue weighted by Gasteiger charge is 2.35. The molecule has 0 unspecified atom stereocenters. The molecule has 0 spiro atoms. The molecule has 23 heavy (non-hydrogen) atoms. The van der Waals surface area contributed by atoms with Crippen LogP contribution in [0.15, 0.2) is 23.6 Å². The van der Waals surface area contributed by atoms with Crippen LogP contribution in [-0.4, -0.2) is 38.1 Å². The summed E-state index contributed by atoms with van der Waals surface area (Å²) in [6, 6.07) is 0.884. The van der Waals surface area contributed by atoms with Gasteiger partial charge >= 0.3 is 12.1 Å². The van der Waals surface area contributed by atoms with Gasteiger partial charge in [0.25, 0.3) is 0 Å². The molecule has 2 aromatic rings. The minimum Gasteiger partial charge on any atom is -0.465 e. The van der Waals surface area contributed by atoms with Gasteiger partial charge in [-0.15, -0.1) is 10.2 Å². The first-order valence-corrected chi connectivity index (χ1v) is 7.52. The first kappa shape index (κ1) is 17.3. The molecule has 124 valence electrons. The number of rotatable bonds is 5. The average Bonchev–Trinajstić information content (AvgIpc) is 2.85. The van der Waals surface area contributed by atoms with Crippen molar-refractivity contribution in [3.8, 4) is 11.4 Å². The van der Waals surface area contributed by atoms with Gasteiger partial charge in [0.2, 0.25) is 0 Å². The average molecular weight is 346 g/mol. The summed E-state index contributed by atoms with van der Waals surface area (Å²) in [5.41, 5.74) is -1.01. The van der Waals surface area contributed by atoms with Crippen molar-refractivity contribution in [2.75, 3.05) is 12.4 Å². The number of halogens is 3. The molecule has 0 aliphatic rings. The molecule has 0 saturated heterocycles. The second kappa shape index (κ2) is 6.99. The van der Waals surface area contributed by atoms with E-state index in [4.69, 9.17) is 4.74 Å². The minimum atomic E-state index is -4.53. The summed E-state index contributed by atoms with van der Waals surface area (Å²) < 4.78 is 45.3. The van der Waals surface area contributed by atoms with Crippen LogP contribution in [0.3, 0.4) is 0 Å². The first-order valence-electron chi connectivity index (χ1n) is 6.54. The second-order valence-corrected chi connectivity index (χ2v) is 5.32. The number of pyridine rings is 1. The maximum absolute atomic E-state index is 13.1. The Morgan fingerprint density at radius 2 is 2.13 bits per heavy atom. The third kappa shape index (κ3) is 4.01. The lowest BCUT2D eigenvalue weighted by molar-refractivity contribution is -0.140. The zero-order chi connectivity index (χ0) is 17.0. The summed E-state index contributed by atoms with van der Waals surface area (Å²) in [5.74, 6) is -0.407. The predicted octanol–water partition coefficient (Wildman–Crippen LogP) is 2.55. The number of carbonyl (C=O) groups is 1. The SMILES string of the molecule is CCOC(=O)CSc1nnc(-c2cnccc2C(F)(F)F)n1C. The van der Waals surface area contributed by atoms with Crippen LogP contribution in [0.5, 0.6) is 0 Å². The van der Waals surface area contributed by atoms with Gasteiger partial charge in [0.15, 0.2) is 11.0 Å². The molecule has 0 aromatic carbocycles. The Morgan fingerprint density at radius 1 is 1.39 bits per heavy atom. The van der Waals surface area contributed by atoms with Crippen molar-refractivity contribution in [2.45, 2.75) is 18.3 Å². The van der Waals surface area contributed by atoms with E-state index in [1.165, 1.54) is 11.6 Å². The first-order chi connectivity index (χ1) is 10.8. The molecule has 6 nitrogen and oxygen atoms in total. The highest BCUT2D eigenvalue weighted by atomic mass is 32.2. The van der Waals surface area contributed by atoms with Crippen molar-refractivity contribution in [3.63, 3.8) is 0 Å². The molecule has 0 aliphatic carbocycles. The Hall–Kier alpha value is -2.10. The van der Waals surface area contributed by atoms with Crippen LogP contribution in [0.4, 0.5) is 13.2 Å². The lowest BCUT2D eigenvalue weighted by Crippen LogP contribution is -2.09. The van der Waals surface area contributed by atoms with Crippen molar-refractivity contribution in [1.29, 1.82) is 0 Å². The van der Waals surface area contributed by atoms with Crippen molar-refractivity contribution >= 4 is 17.7 Å². The fourth-order valence-electron chi connectivity index (χ4n) is 1.82. The van der Waals surface area contributed by atoms with E-state index in [1.807, 2.05) is 0 Å². The van der Waals surface area contributed by atoms with Crippen LogP contribution < -0.4 is 0 Å². The summed E-state index contributed by atoms with van der Waals surface area (Å²) in [6.45, 7) is 1.94. The van der Waals surface area contributed by atoms with Gasteiger partial charge in [-0.25, -0.2) is 0 Å². The number of carbonyl (C=O) groups excluding carboxylic acids is 1. The Balaban J connectivity index is 2.28. The molecule has 0 bridgehead atoms. The standard InChI is InChI=1S/C13H13F3N4O2S/c1-3-22-10(21)7-23-12-19-18-11(20(12)2)8-6-17-5-4-9(8)13(14,15)16/h4-6H,3,7H2,1-2H3. The van der Waals surface area contributed by atoms with Crippen molar-refractivity contribution < 1.29 is 22.7 Å². The van der Waals surface area contributed by atoms with Gasteiger partial charge in [-0.1, -0.05) is 11.8 Å². The zero-order valence-corrected chi connectivity index (χ0v) is 13.1. The fourth-order valence-corrected chi connectivity index (χ4v) is 2.53. The smallest absolute Gasteiger partial charge is 0.417 e. The number of aromatic nitrogens is 4. The van der Waals surface area contributed by atoms with Gasteiger partial charge < -0.3 is 9.30 Å². The summed E-state index contributed by atoms with van der Waals surface area (Å²) in [4.78, 5) is 15.1. The molecule has 2 aromatic heterocycles. The third-order valence-electron chi connectivity index (χ3n) is 2.83. The van der Waals surface area contributed by atoms with Gasteiger partial charge in [0.1, 0.15) is 0 Å². The molecule has 0 amide bonds. The summed E-state index contributed by atoms with van der Waals surface area (Å²) in [7, 11) is 1.52. The topological polar surface area (TPSA) is 69.9 Å². The van der Waals surface area contributed by atoms with Crippen LogP contribution in [0.25, 0.3) is 11.4 Å². The van der Waals surface area contributed by atoms with E-state index in [0.717, 1.165) is 30.2 Å². The molecule has 0 saturated carbocycles. The number of hydrogen-bond acceptors (Lipinski definition) is 6. The summed E-state index contributed by atoms with van der Waals surface area (Å²) in [6.07, 6.45) is -2.37. The molecular weight excluding hydrogens is 333 g/mol. The number of hydrogen-bond donors (Lipinski definition) is 0. The second-order valence-electron chi connectivity index (χ2n) is 4.38. The number of ether oxygens (including phenoxy) is 1. The Labute approximate surface area is 134 Å².